The van der Waals surface area contributed by atoms with Gasteiger partial charge in [-0.3, -0.25) is 4.79 Å². The number of rotatable bonds is 10. The number of amides is 1. The van der Waals surface area contributed by atoms with Crippen LogP contribution in [0.15, 0.2) is 24.5 Å². The summed E-state index contributed by atoms with van der Waals surface area (Å²) in [5.74, 6) is 0.0520. The fourth-order valence-corrected chi connectivity index (χ4v) is 3.02. The molecule has 2 aromatic rings. The molecular formula is C21H27FN4O3. The van der Waals surface area contributed by atoms with E-state index in [1.807, 2.05) is 13.8 Å². The van der Waals surface area contributed by atoms with E-state index in [-0.39, 0.29) is 12.8 Å². The Balaban J connectivity index is 1.82. The number of nitrogens with one attached hydrogen (secondary N) is 2. The lowest BCUT2D eigenvalue weighted by Gasteiger charge is -2.17. The van der Waals surface area contributed by atoms with Crippen molar-refractivity contribution in [3.8, 4) is 16.9 Å². The van der Waals surface area contributed by atoms with E-state index >= 15 is 0 Å². The van der Waals surface area contributed by atoms with Crippen LogP contribution in [0, 0.1) is 13.8 Å². The van der Waals surface area contributed by atoms with Crippen LogP contribution < -0.4 is 15.4 Å². The van der Waals surface area contributed by atoms with Crippen LogP contribution in [0.1, 0.15) is 24.2 Å². The van der Waals surface area contributed by atoms with Crippen molar-refractivity contribution in [2.45, 2.75) is 32.4 Å². The van der Waals surface area contributed by atoms with Gasteiger partial charge < -0.3 is 20.1 Å². The Kier molecular flexibility index (Phi) is 6.76. The topological polar surface area (TPSA) is 85.4 Å². The predicted octanol–water partition coefficient (Wildman–Crippen LogP) is 2.82. The number of carbonyl (C=O) groups is 1. The van der Waals surface area contributed by atoms with Crippen LogP contribution >= 0.6 is 0 Å². The maximum Gasteiger partial charge on any atom is 0.262 e. The summed E-state index contributed by atoms with van der Waals surface area (Å²) >= 11 is 0. The molecule has 7 nitrogen and oxygen atoms in total. The van der Waals surface area contributed by atoms with Gasteiger partial charge in [-0.25, -0.2) is 14.4 Å². The minimum atomic E-state index is -1.73. The zero-order valence-corrected chi connectivity index (χ0v) is 17.0. The minimum Gasteiger partial charge on any atom is -0.492 e. The van der Waals surface area contributed by atoms with Crippen molar-refractivity contribution in [3.63, 3.8) is 0 Å². The average Bonchev–Trinajstić information content (AvgIpc) is 3.44. The number of halogens is 1. The number of hydrogen-bond donors (Lipinski definition) is 2. The molecule has 0 aliphatic heterocycles. The Morgan fingerprint density at radius 1 is 1.17 bits per heavy atom. The molecule has 1 fully saturated rings. The molecule has 1 heterocycles. The molecule has 1 amide bonds. The standard InChI is InChI=1S/C21H27FN4O3/c1-14-19(15(2)25-13-24-14)17-12-16(26-20(27)21(22)6-7-21)4-5-18(17)29-11-9-23-8-10-28-3/h4-5,12-13,23H,6-11H2,1-3H3,(H,26,27). The maximum atomic E-state index is 14.0. The zero-order valence-electron chi connectivity index (χ0n) is 17.0. The molecule has 2 N–H and O–H groups in total. The van der Waals surface area contributed by atoms with Crippen LogP contribution in [0.2, 0.25) is 0 Å². The number of aryl methyl sites for hydroxylation is 2. The number of benzene rings is 1. The van der Waals surface area contributed by atoms with Crippen molar-refractivity contribution >= 4 is 11.6 Å². The maximum absolute atomic E-state index is 14.0. The van der Waals surface area contributed by atoms with E-state index in [1.165, 1.54) is 6.33 Å². The summed E-state index contributed by atoms with van der Waals surface area (Å²) in [5, 5.41) is 5.90. The number of alkyl halides is 1. The molecule has 29 heavy (non-hydrogen) atoms. The monoisotopic (exact) mass is 402 g/mol. The molecule has 1 aromatic carbocycles. The molecule has 0 bridgehead atoms. The molecule has 156 valence electrons. The third-order valence-electron chi connectivity index (χ3n) is 4.85. The molecule has 0 atom stereocenters. The van der Waals surface area contributed by atoms with E-state index in [2.05, 4.69) is 20.6 Å². The number of hydrogen-bond acceptors (Lipinski definition) is 6. The van der Waals surface area contributed by atoms with E-state index in [0.717, 1.165) is 29.1 Å². The van der Waals surface area contributed by atoms with Gasteiger partial charge in [-0.1, -0.05) is 0 Å². The second kappa shape index (κ2) is 9.28. The van der Waals surface area contributed by atoms with Gasteiger partial charge in [0.1, 0.15) is 18.7 Å². The second-order valence-electron chi connectivity index (χ2n) is 7.14. The van der Waals surface area contributed by atoms with Crippen LogP contribution in [0.5, 0.6) is 5.75 Å². The Bertz CT molecular complexity index is 851. The van der Waals surface area contributed by atoms with Crippen molar-refractivity contribution in [3.05, 3.63) is 35.9 Å². The fraction of sp³-hybridized carbons (Fsp3) is 0.476. The molecule has 0 radical (unpaired) electrons. The van der Waals surface area contributed by atoms with Crippen LogP contribution in [0.25, 0.3) is 11.1 Å². The van der Waals surface area contributed by atoms with Crippen molar-refractivity contribution in [2.24, 2.45) is 0 Å². The molecule has 1 aliphatic rings. The van der Waals surface area contributed by atoms with E-state index in [0.29, 0.717) is 31.2 Å². The lowest BCUT2D eigenvalue weighted by molar-refractivity contribution is -0.122. The van der Waals surface area contributed by atoms with Crippen molar-refractivity contribution in [2.75, 3.05) is 38.7 Å². The van der Waals surface area contributed by atoms with Gasteiger partial charge in [0, 0.05) is 48.4 Å². The summed E-state index contributed by atoms with van der Waals surface area (Å²) in [7, 11) is 1.66. The highest BCUT2D eigenvalue weighted by atomic mass is 19.1. The van der Waals surface area contributed by atoms with E-state index in [4.69, 9.17) is 9.47 Å². The summed E-state index contributed by atoms with van der Waals surface area (Å²) in [5.41, 5.74) is 1.99. The summed E-state index contributed by atoms with van der Waals surface area (Å²) in [6, 6.07) is 5.29. The molecule has 0 unspecified atom stereocenters. The lowest BCUT2D eigenvalue weighted by atomic mass is 10.0. The predicted molar refractivity (Wildman–Crippen MR) is 109 cm³/mol. The van der Waals surface area contributed by atoms with E-state index in [1.54, 1.807) is 25.3 Å². The molecular weight excluding hydrogens is 375 g/mol. The third-order valence-corrected chi connectivity index (χ3v) is 4.85. The van der Waals surface area contributed by atoms with Gasteiger partial charge in [-0.05, 0) is 44.9 Å². The van der Waals surface area contributed by atoms with Gasteiger partial charge in [-0.2, -0.15) is 0 Å². The summed E-state index contributed by atoms with van der Waals surface area (Å²) in [6.45, 7) is 6.29. The number of ether oxygens (including phenoxy) is 2. The number of methoxy groups -OCH3 is 1. The highest BCUT2D eigenvalue weighted by Gasteiger charge is 2.50. The Morgan fingerprint density at radius 3 is 2.52 bits per heavy atom. The first-order chi connectivity index (χ1) is 13.9. The highest BCUT2D eigenvalue weighted by Crippen LogP contribution is 2.41. The normalized spacial score (nSPS) is 14.5. The SMILES string of the molecule is COCCNCCOc1ccc(NC(=O)C2(F)CC2)cc1-c1c(C)ncnc1C. The summed E-state index contributed by atoms with van der Waals surface area (Å²) in [6.07, 6.45) is 2.06. The summed E-state index contributed by atoms with van der Waals surface area (Å²) < 4.78 is 25.0. The van der Waals surface area contributed by atoms with Crippen LogP contribution in [-0.2, 0) is 9.53 Å². The van der Waals surface area contributed by atoms with Gasteiger partial charge >= 0.3 is 0 Å². The van der Waals surface area contributed by atoms with Crippen molar-refractivity contribution < 1.29 is 18.7 Å². The minimum absolute atomic E-state index is 0.272. The molecule has 1 aliphatic carbocycles. The van der Waals surface area contributed by atoms with E-state index in [9.17, 15) is 9.18 Å². The van der Waals surface area contributed by atoms with Crippen LogP contribution in [0.3, 0.4) is 0 Å². The molecule has 0 saturated heterocycles. The number of carbonyl (C=O) groups excluding carboxylic acids is 1. The Labute approximate surface area is 170 Å². The first kappa shape index (κ1) is 21.1. The Morgan fingerprint density at radius 2 is 1.86 bits per heavy atom. The molecule has 3 rings (SSSR count). The molecule has 1 saturated carbocycles. The first-order valence-corrected chi connectivity index (χ1v) is 9.70. The van der Waals surface area contributed by atoms with Crippen LogP contribution in [-0.4, -0.2) is 55.0 Å². The van der Waals surface area contributed by atoms with Crippen molar-refractivity contribution in [1.82, 2.24) is 15.3 Å². The Hall–Kier alpha value is -2.58. The highest BCUT2D eigenvalue weighted by molar-refractivity contribution is 6.00. The summed E-state index contributed by atoms with van der Waals surface area (Å²) in [4.78, 5) is 20.7. The molecule has 8 heteroatoms. The smallest absolute Gasteiger partial charge is 0.262 e. The zero-order chi connectivity index (χ0) is 20.9. The van der Waals surface area contributed by atoms with Crippen LogP contribution in [0.4, 0.5) is 10.1 Å². The van der Waals surface area contributed by atoms with E-state index < -0.39 is 11.6 Å². The number of aromatic nitrogens is 2. The second-order valence-corrected chi connectivity index (χ2v) is 7.14. The van der Waals surface area contributed by atoms with Gasteiger partial charge in [0.25, 0.3) is 5.91 Å². The lowest BCUT2D eigenvalue weighted by Crippen LogP contribution is -2.25. The first-order valence-electron chi connectivity index (χ1n) is 9.70. The van der Waals surface area contributed by atoms with Gasteiger partial charge in [0.15, 0.2) is 5.67 Å². The van der Waals surface area contributed by atoms with Crippen molar-refractivity contribution in [1.29, 1.82) is 0 Å². The quantitative estimate of drug-likeness (QED) is 0.595. The largest absolute Gasteiger partial charge is 0.492 e. The van der Waals surface area contributed by atoms with Gasteiger partial charge in [-0.15, -0.1) is 0 Å². The number of anilines is 1. The molecule has 1 aromatic heterocycles. The molecule has 0 spiro atoms. The van der Waals surface area contributed by atoms with Gasteiger partial charge in [0.2, 0.25) is 0 Å². The third kappa shape index (κ3) is 5.27. The van der Waals surface area contributed by atoms with Gasteiger partial charge in [0.05, 0.1) is 6.61 Å². The number of nitrogens with zero attached hydrogens (tertiary/aromatic N) is 2. The average molecular weight is 402 g/mol. The fourth-order valence-electron chi connectivity index (χ4n) is 3.02.